The predicted octanol–water partition coefficient (Wildman–Crippen LogP) is 0.983. The quantitative estimate of drug-likeness (QED) is 0.643. The third kappa shape index (κ3) is 4.26. The highest BCUT2D eigenvalue weighted by Crippen LogP contribution is 2.13. The molecule has 0 aromatic carbocycles. The summed E-state index contributed by atoms with van der Waals surface area (Å²) in [6.07, 6.45) is -5.08. The minimum atomic E-state index is -5.08. The normalized spacial score (nSPS) is 10.6. The number of carbonyl (C=O) groups is 1. The fourth-order valence-corrected chi connectivity index (χ4v) is 0.571. The van der Waals surface area contributed by atoms with Crippen LogP contribution in [0.4, 0.5) is 17.6 Å². The maximum absolute atomic E-state index is 12.5. The van der Waals surface area contributed by atoms with Crippen LogP contribution in [-0.2, 0) is 11.4 Å². The molecule has 0 radical (unpaired) electrons. The highest BCUT2D eigenvalue weighted by atomic mass is 19.4. The first-order valence-corrected chi connectivity index (χ1v) is 3.80. The molecule has 9 heteroatoms. The molecular weight excluding hydrogens is 236 g/mol. The maximum atomic E-state index is 12.5. The molecule has 0 aliphatic heterocycles. The number of carboxylic acid groups (broad SMARTS) is 1. The number of nitrogens with zero attached hydrogens (tertiary/aromatic N) is 1. The van der Waals surface area contributed by atoms with Gasteiger partial charge in [-0.15, -0.1) is 0 Å². The van der Waals surface area contributed by atoms with Crippen LogP contribution in [0, 0.1) is 12.7 Å². The Morgan fingerprint density at radius 3 is 2.06 bits per heavy atom. The van der Waals surface area contributed by atoms with E-state index in [1.54, 1.807) is 6.92 Å². The van der Waals surface area contributed by atoms with Gasteiger partial charge in [-0.25, -0.2) is 9.18 Å². The number of aromatic amines is 1. The smallest absolute Gasteiger partial charge is 0.475 e. The average Bonchev–Trinajstić information content (AvgIpc) is 2.47. The Labute approximate surface area is 86.7 Å². The second kappa shape index (κ2) is 5.45. The molecule has 1 rings (SSSR count). The summed E-state index contributed by atoms with van der Waals surface area (Å²) in [5.41, 5.74) is 0.437. The van der Waals surface area contributed by atoms with E-state index < -0.39 is 18.0 Å². The van der Waals surface area contributed by atoms with Crippen LogP contribution in [0.5, 0.6) is 0 Å². The highest BCUT2D eigenvalue weighted by molar-refractivity contribution is 5.73. The van der Waals surface area contributed by atoms with Crippen molar-refractivity contribution in [3.8, 4) is 0 Å². The number of hydrogen-bond acceptors (Lipinski definition) is 3. The van der Waals surface area contributed by atoms with E-state index >= 15 is 0 Å². The number of H-pyrrole nitrogens is 1. The number of aliphatic hydroxyl groups is 1. The number of aliphatic carboxylic acids is 1. The van der Waals surface area contributed by atoms with Gasteiger partial charge in [0.15, 0.2) is 5.82 Å². The van der Waals surface area contributed by atoms with Gasteiger partial charge in [-0.2, -0.15) is 18.3 Å². The number of rotatable bonds is 1. The number of aromatic nitrogens is 2. The molecule has 0 unspecified atom stereocenters. The van der Waals surface area contributed by atoms with Crippen LogP contribution in [0.1, 0.15) is 11.4 Å². The fourth-order valence-electron chi connectivity index (χ4n) is 0.571. The lowest BCUT2D eigenvalue weighted by molar-refractivity contribution is -0.192. The molecule has 0 bridgehead atoms. The lowest BCUT2D eigenvalue weighted by Gasteiger charge is -1.93. The number of alkyl halides is 3. The van der Waals surface area contributed by atoms with E-state index in [-0.39, 0.29) is 12.3 Å². The Balaban J connectivity index is 0.000000293. The summed E-state index contributed by atoms with van der Waals surface area (Å²) in [5.74, 6) is -3.20. The van der Waals surface area contributed by atoms with Crippen LogP contribution < -0.4 is 0 Å². The summed E-state index contributed by atoms with van der Waals surface area (Å²) >= 11 is 0. The third-order valence-corrected chi connectivity index (χ3v) is 1.33. The molecule has 0 atom stereocenters. The number of nitrogens with one attached hydrogen (secondary N) is 1. The van der Waals surface area contributed by atoms with Crippen molar-refractivity contribution in [1.29, 1.82) is 0 Å². The SMILES string of the molecule is Cc1[nH]nc(CO)c1F.O=C(O)C(F)(F)F. The van der Waals surface area contributed by atoms with Gasteiger partial charge in [0.25, 0.3) is 0 Å². The van der Waals surface area contributed by atoms with Gasteiger partial charge in [-0.05, 0) is 6.92 Å². The van der Waals surface area contributed by atoms with E-state index in [4.69, 9.17) is 15.0 Å². The van der Waals surface area contributed by atoms with Crippen molar-refractivity contribution in [3.05, 3.63) is 17.2 Å². The van der Waals surface area contributed by atoms with Crippen molar-refractivity contribution in [2.45, 2.75) is 19.7 Å². The summed E-state index contributed by atoms with van der Waals surface area (Å²) in [6.45, 7) is 1.21. The summed E-state index contributed by atoms with van der Waals surface area (Å²) in [7, 11) is 0. The van der Waals surface area contributed by atoms with E-state index in [1.165, 1.54) is 0 Å². The molecule has 92 valence electrons. The minimum absolute atomic E-state index is 0.0764. The zero-order valence-corrected chi connectivity index (χ0v) is 7.97. The predicted molar refractivity (Wildman–Crippen MR) is 42.9 cm³/mol. The van der Waals surface area contributed by atoms with Crippen molar-refractivity contribution in [2.24, 2.45) is 0 Å². The molecule has 0 amide bonds. The summed E-state index contributed by atoms with van der Waals surface area (Å²) in [4.78, 5) is 8.90. The molecule has 1 heterocycles. The highest BCUT2D eigenvalue weighted by Gasteiger charge is 2.38. The Hall–Kier alpha value is -1.64. The second-order valence-corrected chi connectivity index (χ2v) is 2.57. The van der Waals surface area contributed by atoms with Gasteiger partial charge in [-0.1, -0.05) is 0 Å². The standard InChI is InChI=1S/C5H7FN2O.C2HF3O2/c1-3-5(6)4(2-9)8-7-3;3-2(4,5)1(6)7/h9H,2H2,1H3,(H,7,8);(H,6,7). The van der Waals surface area contributed by atoms with Crippen molar-refractivity contribution < 1.29 is 32.6 Å². The van der Waals surface area contributed by atoms with Crippen molar-refractivity contribution >= 4 is 5.97 Å². The molecule has 16 heavy (non-hydrogen) atoms. The Morgan fingerprint density at radius 1 is 1.50 bits per heavy atom. The summed E-state index contributed by atoms with van der Waals surface area (Å²) < 4.78 is 44.2. The van der Waals surface area contributed by atoms with E-state index in [0.717, 1.165) is 0 Å². The summed E-state index contributed by atoms with van der Waals surface area (Å²) in [5, 5.41) is 21.4. The van der Waals surface area contributed by atoms with Gasteiger partial charge in [0.05, 0.1) is 12.3 Å². The van der Waals surface area contributed by atoms with Crippen LogP contribution in [0.2, 0.25) is 0 Å². The number of halogens is 4. The molecule has 1 aromatic rings. The van der Waals surface area contributed by atoms with E-state index in [2.05, 4.69) is 10.2 Å². The lowest BCUT2D eigenvalue weighted by atomic mass is 10.4. The fraction of sp³-hybridized carbons (Fsp3) is 0.429. The van der Waals surface area contributed by atoms with Crippen molar-refractivity contribution in [3.63, 3.8) is 0 Å². The van der Waals surface area contributed by atoms with Crippen LogP contribution in [0.3, 0.4) is 0 Å². The largest absolute Gasteiger partial charge is 0.490 e. The van der Waals surface area contributed by atoms with E-state index in [9.17, 15) is 17.6 Å². The first kappa shape index (κ1) is 14.4. The van der Waals surface area contributed by atoms with Crippen LogP contribution in [0.15, 0.2) is 0 Å². The number of carboxylic acids is 1. The molecule has 0 saturated heterocycles. The molecule has 1 aromatic heterocycles. The molecule has 0 spiro atoms. The van der Waals surface area contributed by atoms with E-state index in [1.807, 2.05) is 0 Å². The van der Waals surface area contributed by atoms with Crippen LogP contribution in [0.25, 0.3) is 0 Å². The van der Waals surface area contributed by atoms with E-state index in [0.29, 0.717) is 5.69 Å². The van der Waals surface area contributed by atoms with Crippen molar-refractivity contribution in [2.75, 3.05) is 0 Å². The topological polar surface area (TPSA) is 86.2 Å². The van der Waals surface area contributed by atoms with Crippen LogP contribution in [-0.4, -0.2) is 32.6 Å². The number of hydrogen-bond donors (Lipinski definition) is 3. The first-order chi connectivity index (χ1) is 7.20. The van der Waals surface area contributed by atoms with Gasteiger partial charge < -0.3 is 10.2 Å². The second-order valence-electron chi connectivity index (χ2n) is 2.57. The van der Waals surface area contributed by atoms with Gasteiger partial charge >= 0.3 is 12.1 Å². The third-order valence-electron chi connectivity index (χ3n) is 1.33. The Morgan fingerprint density at radius 2 is 1.94 bits per heavy atom. The average molecular weight is 244 g/mol. The molecule has 0 aliphatic rings. The molecule has 0 fully saturated rings. The van der Waals surface area contributed by atoms with Crippen molar-refractivity contribution in [1.82, 2.24) is 10.2 Å². The van der Waals surface area contributed by atoms with Gasteiger partial charge in [0.1, 0.15) is 5.69 Å². The zero-order chi connectivity index (χ0) is 12.9. The molecular formula is C7H8F4N2O3. The first-order valence-electron chi connectivity index (χ1n) is 3.80. The van der Waals surface area contributed by atoms with Gasteiger partial charge in [0, 0.05) is 0 Å². The molecule has 0 saturated carbocycles. The molecule has 5 nitrogen and oxygen atoms in total. The van der Waals surface area contributed by atoms with Crippen LogP contribution >= 0.6 is 0 Å². The zero-order valence-electron chi connectivity index (χ0n) is 7.97. The summed E-state index contributed by atoms with van der Waals surface area (Å²) in [6, 6.07) is 0. The maximum Gasteiger partial charge on any atom is 0.490 e. The monoisotopic (exact) mass is 244 g/mol. The minimum Gasteiger partial charge on any atom is -0.475 e. The molecule has 0 aliphatic carbocycles. The Kier molecular flexibility index (Phi) is 4.89. The van der Waals surface area contributed by atoms with Gasteiger partial charge in [0.2, 0.25) is 0 Å². The number of aliphatic hydroxyl groups excluding tert-OH is 1. The Bertz CT molecular complexity index is 361. The van der Waals surface area contributed by atoms with Gasteiger partial charge in [-0.3, -0.25) is 5.10 Å². The lowest BCUT2D eigenvalue weighted by Crippen LogP contribution is -2.21. The number of aryl methyl sites for hydroxylation is 1. The molecule has 3 N–H and O–H groups in total.